The first kappa shape index (κ1) is 17.1. The Morgan fingerprint density at radius 2 is 1.96 bits per heavy atom. The smallest absolute Gasteiger partial charge is 0.222 e. The van der Waals surface area contributed by atoms with Crippen LogP contribution in [-0.2, 0) is 9.53 Å². The molecule has 1 atom stereocenters. The molecule has 3 N–H and O–H groups in total. The van der Waals surface area contributed by atoms with Crippen LogP contribution >= 0.6 is 0 Å². The Balaban J connectivity index is 2.20. The SMILES string of the molecule is CC(=O)Nc1ccc(-c2cccc(C(N)OC(C)(C)C)c2)cn1. The summed E-state index contributed by atoms with van der Waals surface area (Å²) in [6, 6.07) is 11.5. The van der Waals surface area contributed by atoms with Gasteiger partial charge in [0.05, 0.1) is 5.60 Å². The number of carbonyl (C=O) groups is 1. The average molecular weight is 313 g/mol. The van der Waals surface area contributed by atoms with Gasteiger partial charge in [0.2, 0.25) is 5.91 Å². The first-order valence-corrected chi connectivity index (χ1v) is 7.52. The molecule has 0 fully saturated rings. The number of nitrogens with one attached hydrogen (secondary N) is 1. The van der Waals surface area contributed by atoms with E-state index in [1.54, 1.807) is 12.3 Å². The van der Waals surface area contributed by atoms with Crippen molar-refractivity contribution in [2.45, 2.75) is 39.5 Å². The van der Waals surface area contributed by atoms with Gasteiger partial charge in [-0.25, -0.2) is 4.98 Å². The van der Waals surface area contributed by atoms with Gasteiger partial charge in [-0.3, -0.25) is 4.79 Å². The van der Waals surface area contributed by atoms with E-state index in [0.717, 1.165) is 16.7 Å². The molecule has 0 saturated heterocycles. The Hall–Kier alpha value is -2.24. The fraction of sp³-hybridized carbons (Fsp3) is 0.333. The highest BCUT2D eigenvalue weighted by Crippen LogP contribution is 2.25. The van der Waals surface area contributed by atoms with E-state index in [1.165, 1.54) is 6.92 Å². The van der Waals surface area contributed by atoms with E-state index < -0.39 is 6.23 Å². The van der Waals surface area contributed by atoms with E-state index in [4.69, 9.17) is 10.5 Å². The Morgan fingerprint density at radius 1 is 1.22 bits per heavy atom. The van der Waals surface area contributed by atoms with Crippen LogP contribution in [0.25, 0.3) is 11.1 Å². The number of nitrogens with zero attached hydrogens (tertiary/aromatic N) is 1. The van der Waals surface area contributed by atoms with Crippen molar-refractivity contribution < 1.29 is 9.53 Å². The normalized spacial score (nSPS) is 12.7. The van der Waals surface area contributed by atoms with E-state index in [-0.39, 0.29) is 11.5 Å². The molecule has 23 heavy (non-hydrogen) atoms. The number of aromatic nitrogens is 1. The van der Waals surface area contributed by atoms with Gasteiger partial charge in [-0.1, -0.05) is 18.2 Å². The molecule has 1 amide bonds. The first-order chi connectivity index (χ1) is 10.7. The Labute approximate surface area is 136 Å². The van der Waals surface area contributed by atoms with Crippen molar-refractivity contribution >= 4 is 11.7 Å². The molecule has 0 aliphatic carbocycles. The van der Waals surface area contributed by atoms with E-state index >= 15 is 0 Å². The molecule has 0 aliphatic rings. The van der Waals surface area contributed by atoms with Crippen molar-refractivity contribution in [2.75, 3.05) is 5.32 Å². The number of hydrogen-bond donors (Lipinski definition) is 2. The van der Waals surface area contributed by atoms with E-state index in [9.17, 15) is 4.79 Å². The van der Waals surface area contributed by atoms with Crippen LogP contribution in [0.3, 0.4) is 0 Å². The van der Waals surface area contributed by atoms with Crippen LogP contribution in [0.1, 0.15) is 39.5 Å². The largest absolute Gasteiger partial charge is 0.354 e. The van der Waals surface area contributed by atoms with Crippen molar-refractivity contribution in [3.63, 3.8) is 0 Å². The molecule has 0 saturated carbocycles. The van der Waals surface area contributed by atoms with Crippen molar-refractivity contribution in [1.82, 2.24) is 4.98 Å². The molecule has 0 radical (unpaired) electrons. The summed E-state index contributed by atoms with van der Waals surface area (Å²) in [6.45, 7) is 7.37. The number of carbonyl (C=O) groups excluding carboxylic acids is 1. The lowest BCUT2D eigenvalue weighted by molar-refractivity contribution is -0.114. The van der Waals surface area contributed by atoms with Crippen LogP contribution in [0.2, 0.25) is 0 Å². The van der Waals surface area contributed by atoms with Crippen LogP contribution in [-0.4, -0.2) is 16.5 Å². The van der Waals surface area contributed by atoms with Gasteiger partial charge in [-0.05, 0) is 50.1 Å². The Morgan fingerprint density at radius 3 is 2.52 bits per heavy atom. The first-order valence-electron chi connectivity index (χ1n) is 7.52. The molecule has 1 unspecified atom stereocenters. The molecule has 2 aromatic rings. The third-order valence-corrected chi connectivity index (χ3v) is 3.10. The highest BCUT2D eigenvalue weighted by Gasteiger charge is 2.17. The molecule has 0 bridgehead atoms. The summed E-state index contributed by atoms with van der Waals surface area (Å²) in [7, 11) is 0. The molecule has 0 aliphatic heterocycles. The van der Waals surface area contributed by atoms with Gasteiger partial charge in [-0.2, -0.15) is 0 Å². The lowest BCUT2D eigenvalue weighted by Gasteiger charge is -2.25. The Kier molecular flexibility index (Phi) is 5.13. The van der Waals surface area contributed by atoms with Gasteiger partial charge >= 0.3 is 0 Å². The zero-order chi connectivity index (χ0) is 17.0. The highest BCUT2D eigenvalue weighted by atomic mass is 16.5. The number of pyridine rings is 1. The highest BCUT2D eigenvalue weighted by molar-refractivity contribution is 5.87. The van der Waals surface area contributed by atoms with Crippen LogP contribution in [0, 0.1) is 0 Å². The van der Waals surface area contributed by atoms with Gasteiger partial charge in [0.25, 0.3) is 0 Å². The van der Waals surface area contributed by atoms with Gasteiger partial charge in [-0.15, -0.1) is 0 Å². The quantitative estimate of drug-likeness (QED) is 0.847. The lowest BCUT2D eigenvalue weighted by Crippen LogP contribution is -2.27. The maximum absolute atomic E-state index is 11.0. The van der Waals surface area contributed by atoms with Gasteiger partial charge < -0.3 is 15.8 Å². The molecule has 122 valence electrons. The summed E-state index contributed by atoms with van der Waals surface area (Å²) in [5, 5.41) is 2.65. The van der Waals surface area contributed by atoms with Crippen molar-refractivity contribution in [1.29, 1.82) is 0 Å². The summed E-state index contributed by atoms with van der Waals surface area (Å²) >= 11 is 0. The summed E-state index contributed by atoms with van der Waals surface area (Å²) in [5.74, 6) is 0.391. The van der Waals surface area contributed by atoms with Crippen molar-refractivity contribution in [2.24, 2.45) is 5.73 Å². The molecule has 0 spiro atoms. The zero-order valence-corrected chi connectivity index (χ0v) is 14.0. The van der Waals surface area contributed by atoms with Gasteiger partial charge in [0, 0.05) is 18.7 Å². The number of rotatable bonds is 4. The standard InChI is InChI=1S/C18H23N3O2/c1-12(22)21-16-9-8-15(11-20-16)13-6-5-7-14(10-13)17(19)23-18(2,3)4/h5-11,17H,19H2,1-4H3,(H,20,21,22). The third kappa shape index (κ3) is 5.16. The zero-order valence-electron chi connectivity index (χ0n) is 14.0. The molecule has 1 aromatic carbocycles. The second kappa shape index (κ2) is 6.89. The van der Waals surface area contributed by atoms with Crippen LogP contribution in [0.15, 0.2) is 42.6 Å². The second-order valence-electron chi connectivity index (χ2n) is 6.39. The molecular formula is C18H23N3O2. The van der Waals surface area contributed by atoms with E-state index in [2.05, 4.69) is 10.3 Å². The van der Waals surface area contributed by atoms with E-state index in [1.807, 2.05) is 51.1 Å². The summed E-state index contributed by atoms with van der Waals surface area (Å²) in [5.41, 5.74) is 8.66. The maximum Gasteiger partial charge on any atom is 0.222 e. The lowest BCUT2D eigenvalue weighted by atomic mass is 10.0. The molecule has 5 heteroatoms. The average Bonchev–Trinajstić information content (AvgIpc) is 2.46. The summed E-state index contributed by atoms with van der Waals surface area (Å²) in [4.78, 5) is 15.3. The molecular weight excluding hydrogens is 290 g/mol. The molecule has 1 aromatic heterocycles. The number of ether oxygens (including phenoxy) is 1. The van der Waals surface area contributed by atoms with Gasteiger partial charge in [0.1, 0.15) is 12.0 Å². The van der Waals surface area contributed by atoms with Crippen LogP contribution < -0.4 is 11.1 Å². The monoisotopic (exact) mass is 313 g/mol. The molecule has 1 heterocycles. The minimum atomic E-state index is -0.485. The maximum atomic E-state index is 11.0. The summed E-state index contributed by atoms with van der Waals surface area (Å²) in [6.07, 6.45) is 1.24. The number of nitrogens with two attached hydrogens (primary N) is 1. The van der Waals surface area contributed by atoms with Crippen LogP contribution in [0.4, 0.5) is 5.82 Å². The predicted molar refractivity (Wildman–Crippen MR) is 91.7 cm³/mol. The second-order valence-corrected chi connectivity index (χ2v) is 6.39. The van der Waals surface area contributed by atoms with Gasteiger partial charge in [0.15, 0.2) is 0 Å². The fourth-order valence-electron chi connectivity index (χ4n) is 2.16. The Bertz CT molecular complexity index is 675. The number of amides is 1. The molecule has 2 rings (SSSR count). The number of benzene rings is 1. The number of hydrogen-bond acceptors (Lipinski definition) is 4. The fourth-order valence-corrected chi connectivity index (χ4v) is 2.16. The van der Waals surface area contributed by atoms with Crippen molar-refractivity contribution in [3.8, 4) is 11.1 Å². The van der Waals surface area contributed by atoms with Crippen LogP contribution in [0.5, 0.6) is 0 Å². The summed E-state index contributed by atoms with van der Waals surface area (Å²) < 4.78 is 5.79. The van der Waals surface area contributed by atoms with E-state index in [0.29, 0.717) is 5.82 Å². The minimum absolute atomic E-state index is 0.141. The third-order valence-electron chi connectivity index (χ3n) is 3.10. The topological polar surface area (TPSA) is 77.2 Å². The minimum Gasteiger partial charge on any atom is -0.354 e. The number of anilines is 1. The molecule has 5 nitrogen and oxygen atoms in total. The predicted octanol–water partition coefficient (Wildman–Crippen LogP) is 3.48. The van der Waals surface area contributed by atoms with Crippen molar-refractivity contribution in [3.05, 3.63) is 48.2 Å².